The molecule has 0 saturated heterocycles. The van der Waals surface area contributed by atoms with Crippen LogP contribution in [0.3, 0.4) is 0 Å². The van der Waals surface area contributed by atoms with Crippen LogP contribution in [-0.4, -0.2) is 17.1 Å². The van der Waals surface area contributed by atoms with Gasteiger partial charge in [-0.25, -0.2) is 9.97 Å². The summed E-state index contributed by atoms with van der Waals surface area (Å²) in [5.41, 5.74) is 4.24. The van der Waals surface area contributed by atoms with Gasteiger partial charge >= 0.3 is 0 Å². The third kappa shape index (κ3) is 3.36. The van der Waals surface area contributed by atoms with Gasteiger partial charge in [-0.3, -0.25) is 0 Å². The molecule has 2 heterocycles. The normalized spacial score (nSPS) is 11.0. The third-order valence-corrected chi connectivity index (χ3v) is 5.67. The molecule has 6 heteroatoms. The second-order valence-electron chi connectivity index (χ2n) is 6.27. The maximum absolute atomic E-state index is 6.07. The summed E-state index contributed by atoms with van der Waals surface area (Å²) in [6.45, 7) is 4.15. The van der Waals surface area contributed by atoms with E-state index in [9.17, 15) is 0 Å². The van der Waals surface area contributed by atoms with Gasteiger partial charge in [-0.1, -0.05) is 29.8 Å². The third-order valence-electron chi connectivity index (χ3n) is 4.41. The molecular formula is C21H18ClN3OS. The zero-order chi connectivity index (χ0) is 19.0. The molecule has 136 valence electrons. The summed E-state index contributed by atoms with van der Waals surface area (Å²) in [4.78, 5) is 11.1. The Kier molecular flexibility index (Phi) is 4.72. The van der Waals surface area contributed by atoms with Gasteiger partial charge in [0, 0.05) is 15.5 Å². The van der Waals surface area contributed by atoms with Crippen molar-refractivity contribution >= 4 is 44.7 Å². The Morgan fingerprint density at radius 2 is 1.81 bits per heavy atom. The number of halogens is 1. The lowest BCUT2D eigenvalue weighted by Crippen LogP contribution is -1.98. The number of aryl methyl sites for hydroxylation is 2. The minimum Gasteiger partial charge on any atom is -0.495 e. The Bertz CT molecular complexity index is 1120. The van der Waals surface area contributed by atoms with Crippen molar-refractivity contribution in [2.75, 3.05) is 12.4 Å². The molecule has 0 aliphatic heterocycles. The molecule has 2 aromatic heterocycles. The Balaban J connectivity index is 1.90. The van der Waals surface area contributed by atoms with Gasteiger partial charge in [0.1, 0.15) is 22.7 Å². The van der Waals surface area contributed by atoms with Crippen LogP contribution in [0.1, 0.15) is 10.4 Å². The highest BCUT2D eigenvalue weighted by molar-refractivity contribution is 7.19. The number of fused-ring (bicyclic) bond motifs is 1. The number of nitrogens with zero attached hydrogens (tertiary/aromatic N) is 2. The van der Waals surface area contributed by atoms with Gasteiger partial charge in [0.15, 0.2) is 0 Å². The minimum absolute atomic E-state index is 0.718. The molecule has 2 aromatic carbocycles. The number of hydrogen-bond acceptors (Lipinski definition) is 5. The number of thiophene rings is 1. The monoisotopic (exact) mass is 395 g/mol. The van der Waals surface area contributed by atoms with Crippen molar-refractivity contribution in [3.05, 3.63) is 64.3 Å². The Morgan fingerprint density at radius 1 is 1.04 bits per heavy atom. The van der Waals surface area contributed by atoms with Gasteiger partial charge in [0.2, 0.25) is 0 Å². The number of methoxy groups -OCH3 is 1. The quantitative estimate of drug-likeness (QED) is 0.435. The van der Waals surface area contributed by atoms with E-state index in [1.165, 1.54) is 4.88 Å². The van der Waals surface area contributed by atoms with Crippen molar-refractivity contribution < 1.29 is 4.74 Å². The van der Waals surface area contributed by atoms with Crippen LogP contribution in [-0.2, 0) is 0 Å². The van der Waals surface area contributed by atoms with Crippen LogP contribution in [0.5, 0.6) is 5.75 Å². The largest absolute Gasteiger partial charge is 0.495 e. The molecule has 4 nitrogen and oxygen atoms in total. The molecule has 0 amide bonds. The number of benzene rings is 2. The fourth-order valence-corrected chi connectivity index (χ4v) is 4.29. The van der Waals surface area contributed by atoms with Crippen LogP contribution >= 0.6 is 22.9 Å². The summed E-state index contributed by atoms with van der Waals surface area (Å²) in [5, 5.41) is 5.17. The molecule has 0 fully saturated rings. The van der Waals surface area contributed by atoms with Crippen LogP contribution in [0.25, 0.3) is 21.3 Å². The van der Waals surface area contributed by atoms with Gasteiger partial charge in [0.25, 0.3) is 0 Å². The van der Waals surface area contributed by atoms with E-state index in [-0.39, 0.29) is 0 Å². The van der Waals surface area contributed by atoms with Gasteiger partial charge in [0.05, 0.1) is 18.2 Å². The maximum Gasteiger partial charge on any atom is 0.143 e. The SMILES string of the molecule is COc1ccc(C)cc1Nc1ncnc2sc(C)c(-c3ccc(Cl)cc3)c12. The van der Waals surface area contributed by atoms with E-state index in [4.69, 9.17) is 16.3 Å². The Hall–Kier alpha value is -2.63. The molecule has 1 N–H and O–H groups in total. The fraction of sp³-hybridized carbons (Fsp3) is 0.143. The van der Waals surface area contributed by atoms with Crippen molar-refractivity contribution in [1.82, 2.24) is 9.97 Å². The molecule has 0 aliphatic carbocycles. The highest BCUT2D eigenvalue weighted by Gasteiger charge is 2.17. The zero-order valence-corrected chi connectivity index (χ0v) is 16.8. The highest BCUT2D eigenvalue weighted by Crippen LogP contribution is 2.42. The van der Waals surface area contributed by atoms with Crippen LogP contribution in [0, 0.1) is 13.8 Å². The van der Waals surface area contributed by atoms with E-state index in [1.807, 2.05) is 49.4 Å². The van der Waals surface area contributed by atoms with Gasteiger partial charge < -0.3 is 10.1 Å². The van der Waals surface area contributed by atoms with Gasteiger partial charge in [-0.2, -0.15) is 0 Å². The first-order valence-electron chi connectivity index (χ1n) is 8.48. The van der Waals surface area contributed by atoms with Crippen LogP contribution in [0.2, 0.25) is 5.02 Å². The van der Waals surface area contributed by atoms with Crippen molar-refractivity contribution in [2.24, 2.45) is 0 Å². The maximum atomic E-state index is 6.07. The summed E-state index contributed by atoms with van der Waals surface area (Å²) in [5.74, 6) is 1.53. The predicted molar refractivity (Wildman–Crippen MR) is 114 cm³/mol. The van der Waals surface area contributed by atoms with Crippen molar-refractivity contribution in [1.29, 1.82) is 0 Å². The predicted octanol–water partition coefficient (Wildman–Crippen LogP) is 6.38. The first-order chi connectivity index (χ1) is 13.1. The van der Waals surface area contributed by atoms with Crippen LogP contribution < -0.4 is 10.1 Å². The van der Waals surface area contributed by atoms with E-state index in [0.717, 1.165) is 49.2 Å². The number of ether oxygens (including phenoxy) is 1. The number of hydrogen-bond donors (Lipinski definition) is 1. The second kappa shape index (κ2) is 7.18. The number of aromatic nitrogens is 2. The average molecular weight is 396 g/mol. The summed E-state index contributed by atoms with van der Waals surface area (Å²) in [6, 6.07) is 13.9. The number of rotatable bonds is 4. The van der Waals surface area contributed by atoms with E-state index < -0.39 is 0 Å². The van der Waals surface area contributed by atoms with E-state index >= 15 is 0 Å². The van der Waals surface area contributed by atoms with Crippen LogP contribution in [0.15, 0.2) is 48.8 Å². The van der Waals surface area contributed by atoms with E-state index in [0.29, 0.717) is 0 Å². The molecule has 0 unspecified atom stereocenters. The summed E-state index contributed by atoms with van der Waals surface area (Å²) < 4.78 is 5.50. The van der Waals surface area contributed by atoms with Gasteiger partial charge in [-0.15, -0.1) is 11.3 Å². The standard InChI is InChI=1S/C21H18ClN3OS/c1-12-4-9-17(26-3)16(10-12)25-20-19-18(14-5-7-15(22)8-6-14)13(2)27-21(19)24-11-23-20/h4-11H,1-3H3,(H,23,24,25). The molecule has 4 rings (SSSR count). The molecule has 0 radical (unpaired) electrons. The molecule has 0 aliphatic rings. The van der Waals surface area contributed by atoms with Gasteiger partial charge in [-0.05, 0) is 49.2 Å². The van der Waals surface area contributed by atoms with E-state index in [1.54, 1.807) is 24.8 Å². The zero-order valence-electron chi connectivity index (χ0n) is 15.2. The highest BCUT2D eigenvalue weighted by atomic mass is 35.5. The minimum atomic E-state index is 0.718. The first-order valence-corrected chi connectivity index (χ1v) is 9.68. The number of nitrogens with one attached hydrogen (secondary N) is 1. The second-order valence-corrected chi connectivity index (χ2v) is 7.91. The first kappa shape index (κ1) is 17.8. The smallest absolute Gasteiger partial charge is 0.143 e. The average Bonchev–Trinajstić information content (AvgIpc) is 2.99. The lowest BCUT2D eigenvalue weighted by atomic mass is 10.0. The topological polar surface area (TPSA) is 47.0 Å². The molecule has 27 heavy (non-hydrogen) atoms. The lowest BCUT2D eigenvalue weighted by molar-refractivity contribution is 0.416. The van der Waals surface area contributed by atoms with Crippen molar-refractivity contribution in [3.8, 4) is 16.9 Å². The summed E-state index contributed by atoms with van der Waals surface area (Å²) in [6.07, 6.45) is 1.59. The van der Waals surface area contributed by atoms with Crippen LogP contribution in [0.4, 0.5) is 11.5 Å². The summed E-state index contributed by atoms with van der Waals surface area (Å²) in [7, 11) is 1.67. The summed E-state index contributed by atoms with van der Waals surface area (Å²) >= 11 is 7.73. The molecule has 0 bridgehead atoms. The Morgan fingerprint density at radius 3 is 2.56 bits per heavy atom. The van der Waals surface area contributed by atoms with E-state index in [2.05, 4.69) is 22.2 Å². The molecule has 0 saturated carbocycles. The Labute approximate surface area is 166 Å². The number of anilines is 2. The van der Waals surface area contributed by atoms with Crippen molar-refractivity contribution in [2.45, 2.75) is 13.8 Å². The molecular weight excluding hydrogens is 378 g/mol. The lowest BCUT2D eigenvalue weighted by Gasteiger charge is -2.13. The fourth-order valence-electron chi connectivity index (χ4n) is 3.15. The molecule has 0 atom stereocenters. The van der Waals surface area contributed by atoms with Crippen molar-refractivity contribution in [3.63, 3.8) is 0 Å². The molecule has 0 spiro atoms. The molecule has 4 aromatic rings.